The number of methoxy groups -OCH3 is 1. The molecule has 1 aromatic heterocycles. The van der Waals surface area contributed by atoms with Gasteiger partial charge in [-0.05, 0) is 11.6 Å². The third-order valence-electron chi connectivity index (χ3n) is 1.99. The minimum Gasteiger partial charge on any atom is -0.469 e. The summed E-state index contributed by atoms with van der Waals surface area (Å²) in [7, 11) is 1.08. The van der Waals surface area contributed by atoms with Crippen molar-refractivity contribution in [2.45, 2.75) is 12.8 Å². The number of rotatable bonds is 3. The van der Waals surface area contributed by atoms with Gasteiger partial charge in [-0.3, -0.25) is 4.79 Å². The first-order chi connectivity index (χ1) is 7.99. The summed E-state index contributed by atoms with van der Waals surface area (Å²) in [6.07, 6.45) is -3.65. The lowest BCUT2D eigenvalue weighted by Crippen LogP contribution is -2.10. The second-order valence-corrected chi connectivity index (χ2v) is 3.04. The smallest absolute Gasteiger partial charge is 0.309 e. The fraction of sp³-hybridized carbons (Fsp3) is 0.300. The van der Waals surface area contributed by atoms with Crippen LogP contribution in [0.1, 0.15) is 23.2 Å². The second kappa shape index (κ2) is 5.30. The van der Waals surface area contributed by atoms with Crippen molar-refractivity contribution >= 4 is 5.97 Å². The van der Waals surface area contributed by atoms with Crippen LogP contribution >= 0.6 is 0 Å². The number of halogens is 3. The predicted octanol–water partition coefficient (Wildman–Crippen LogP) is 1.75. The number of nitriles is 1. The van der Waals surface area contributed by atoms with Gasteiger partial charge in [-0.1, -0.05) is 0 Å². The van der Waals surface area contributed by atoms with Crippen molar-refractivity contribution in [3.63, 3.8) is 0 Å². The molecule has 0 bridgehead atoms. The quantitative estimate of drug-likeness (QED) is 0.600. The first kappa shape index (κ1) is 13.0. The van der Waals surface area contributed by atoms with Crippen LogP contribution in [-0.4, -0.2) is 18.1 Å². The highest BCUT2D eigenvalue weighted by Crippen LogP contribution is 2.26. The van der Waals surface area contributed by atoms with Crippen LogP contribution in [0, 0.1) is 17.3 Å². The lowest BCUT2D eigenvalue weighted by molar-refractivity contribution is -0.139. The van der Waals surface area contributed by atoms with Crippen molar-refractivity contribution in [3.8, 4) is 6.07 Å². The number of alkyl halides is 2. The fourth-order valence-electron chi connectivity index (χ4n) is 1.23. The molecule has 0 aliphatic rings. The molecule has 1 heterocycles. The summed E-state index contributed by atoms with van der Waals surface area (Å²) >= 11 is 0. The van der Waals surface area contributed by atoms with E-state index in [0.717, 1.165) is 13.2 Å². The number of carbonyl (C=O) groups excluding carboxylic acids is 1. The van der Waals surface area contributed by atoms with Gasteiger partial charge >= 0.3 is 5.97 Å². The summed E-state index contributed by atoms with van der Waals surface area (Å²) in [6.45, 7) is 0. The van der Waals surface area contributed by atoms with Crippen LogP contribution in [0.2, 0.25) is 0 Å². The predicted molar refractivity (Wildman–Crippen MR) is 49.6 cm³/mol. The summed E-state index contributed by atoms with van der Waals surface area (Å²) in [5, 5.41) is 8.52. The lowest BCUT2D eigenvalue weighted by Gasteiger charge is -2.08. The molecule has 0 atom stereocenters. The van der Waals surface area contributed by atoms with E-state index in [1.54, 1.807) is 0 Å². The van der Waals surface area contributed by atoms with Gasteiger partial charge in [-0.25, -0.2) is 13.8 Å². The van der Waals surface area contributed by atoms with Gasteiger partial charge in [0.25, 0.3) is 6.43 Å². The molecule has 17 heavy (non-hydrogen) atoms. The Labute approximate surface area is 94.6 Å². The molecule has 1 aromatic rings. The minimum absolute atomic E-state index is 0.295. The average Bonchev–Trinajstić information content (AvgIpc) is 2.27. The largest absolute Gasteiger partial charge is 0.469 e. The summed E-state index contributed by atoms with van der Waals surface area (Å²) in [5.74, 6) is -2.25. The van der Waals surface area contributed by atoms with Gasteiger partial charge in [-0.15, -0.1) is 0 Å². The summed E-state index contributed by atoms with van der Waals surface area (Å²) in [5.41, 5.74) is -1.64. The number of aromatic nitrogens is 1. The van der Waals surface area contributed by atoms with E-state index in [4.69, 9.17) is 5.26 Å². The van der Waals surface area contributed by atoms with Crippen LogP contribution in [0.25, 0.3) is 0 Å². The molecule has 7 heteroatoms. The molecule has 1 rings (SSSR count). The van der Waals surface area contributed by atoms with Gasteiger partial charge in [0.2, 0.25) is 5.95 Å². The first-order valence-electron chi connectivity index (χ1n) is 4.44. The van der Waals surface area contributed by atoms with Crippen LogP contribution in [0.4, 0.5) is 13.2 Å². The molecule has 90 valence electrons. The normalized spacial score (nSPS) is 10.1. The van der Waals surface area contributed by atoms with Gasteiger partial charge < -0.3 is 4.74 Å². The van der Waals surface area contributed by atoms with Gasteiger partial charge in [-0.2, -0.15) is 9.65 Å². The standard InChI is InChI=1S/C10H7F3N2O2/c1-17-7(16)3-5-2-6(4-14)15-10(13)8(5)9(11)12/h2,9H,3H2,1H3. The minimum atomic E-state index is -3.12. The first-order valence-corrected chi connectivity index (χ1v) is 4.44. The van der Waals surface area contributed by atoms with Crippen molar-refractivity contribution in [1.29, 1.82) is 5.26 Å². The van der Waals surface area contributed by atoms with Crippen molar-refractivity contribution in [1.82, 2.24) is 4.98 Å². The molecule has 0 radical (unpaired) electrons. The molecular formula is C10H7F3N2O2. The van der Waals surface area contributed by atoms with Crippen LogP contribution < -0.4 is 0 Å². The van der Waals surface area contributed by atoms with Crippen molar-refractivity contribution < 1.29 is 22.7 Å². The van der Waals surface area contributed by atoms with E-state index >= 15 is 0 Å². The van der Waals surface area contributed by atoms with Crippen LogP contribution in [0.3, 0.4) is 0 Å². The Bertz CT molecular complexity index is 483. The Balaban J connectivity index is 3.28. The number of esters is 1. The maximum atomic E-state index is 13.2. The summed E-state index contributed by atoms with van der Waals surface area (Å²) in [6, 6.07) is 2.46. The summed E-state index contributed by atoms with van der Waals surface area (Å²) in [4.78, 5) is 14.0. The number of hydrogen-bond donors (Lipinski definition) is 0. The molecule has 0 saturated heterocycles. The molecule has 0 unspecified atom stereocenters. The number of nitrogens with zero attached hydrogens (tertiary/aromatic N) is 2. The van der Waals surface area contributed by atoms with E-state index in [0.29, 0.717) is 0 Å². The lowest BCUT2D eigenvalue weighted by atomic mass is 10.1. The van der Waals surface area contributed by atoms with Gasteiger partial charge in [0.1, 0.15) is 11.8 Å². The zero-order valence-corrected chi connectivity index (χ0v) is 8.71. The SMILES string of the molecule is COC(=O)Cc1cc(C#N)nc(F)c1C(F)F. The van der Waals surface area contributed by atoms with E-state index < -0.39 is 30.3 Å². The molecule has 0 aliphatic carbocycles. The monoisotopic (exact) mass is 244 g/mol. The van der Waals surface area contributed by atoms with Gasteiger partial charge in [0.05, 0.1) is 19.1 Å². The van der Waals surface area contributed by atoms with Crippen molar-refractivity contribution in [2.24, 2.45) is 0 Å². The average molecular weight is 244 g/mol. The zero-order valence-electron chi connectivity index (χ0n) is 8.71. The van der Waals surface area contributed by atoms with E-state index in [1.165, 1.54) is 6.07 Å². The Morgan fingerprint density at radius 2 is 2.29 bits per heavy atom. The van der Waals surface area contributed by atoms with E-state index in [9.17, 15) is 18.0 Å². The molecule has 0 saturated carbocycles. The van der Waals surface area contributed by atoms with Gasteiger partial charge in [0.15, 0.2) is 0 Å². The van der Waals surface area contributed by atoms with Crippen LogP contribution in [0.15, 0.2) is 6.07 Å². The Hall–Kier alpha value is -2.10. The number of ether oxygens (including phenoxy) is 1. The van der Waals surface area contributed by atoms with Crippen LogP contribution in [0.5, 0.6) is 0 Å². The Morgan fingerprint density at radius 3 is 2.76 bits per heavy atom. The van der Waals surface area contributed by atoms with Gasteiger partial charge in [0, 0.05) is 0 Å². The van der Waals surface area contributed by atoms with E-state index in [2.05, 4.69) is 9.72 Å². The molecule has 0 fully saturated rings. The third kappa shape index (κ3) is 2.93. The van der Waals surface area contributed by atoms with Crippen LogP contribution in [-0.2, 0) is 16.0 Å². The molecule has 4 nitrogen and oxygen atoms in total. The number of carbonyl (C=O) groups is 1. The molecular weight excluding hydrogens is 237 g/mol. The molecule has 0 aromatic carbocycles. The maximum Gasteiger partial charge on any atom is 0.309 e. The summed E-state index contributed by atoms with van der Waals surface area (Å²) < 4.78 is 42.6. The topological polar surface area (TPSA) is 63.0 Å². The van der Waals surface area contributed by atoms with Crippen molar-refractivity contribution in [3.05, 3.63) is 28.8 Å². The zero-order chi connectivity index (χ0) is 13.0. The highest BCUT2D eigenvalue weighted by molar-refractivity contribution is 5.73. The highest BCUT2D eigenvalue weighted by atomic mass is 19.3. The van der Waals surface area contributed by atoms with E-state index in [1.807, 2.05) is 0 Å². The number of hydrogen-bond acceptors (Lipinski definition) is 4. The molecule has 0 aliphatic heterocycles. The molecule has 0 spiro atoms. The fourth-order valence-corrected chi connectivity index (χ4v) is 1.23. The third-order valence-corrected chi connectivity index (χ3v) is 1.99. The number of pyridine rings is 1. The Morgan fingerprint density at radius 1 is 1.65 bits per heavy atom. The van der Waals surface area contributed by atoms with E-state index in [-0.39, 0.29) is 11.3 Å². The molecule has 0 amide bonds. The van der Waals surface area contributed by atoms with Crippen molar-refractivity contribution in [2.75, 3.05) is 7.11 Å². The maximum absolute atomic E-state index is 13.2. The highest BCUT2D eigenvalue weighted by Gasteiger charge is 2.22. The second-order valence-electron chi connectivity index (χ2n) is 3.04. The molecule has 0 N–H and O–H groups in total. The Kier molecular flexibility index (Phi) is 4.04.